The molecule has 0 saturated heterocycles. The SMILES string of the molecule is CCCOc1ccc(NC(=O)C(=O)N/N=C\c2cc(Br)ccc2OCC(=O)Nc2cc(C)ccc2C)cc1. The van der Waals surface area contributed by atoms with E-state index in [0.717, 1.165) is 27.7 Å². The van der Waals surface area contributed by atoms with Gasteiger partial charge in [0.15, 0.2) is 6.61 Å². The first-order chi connectivity index (χ1) is 18.2. The summed E-state index contributed by atoms with van der Waals surface area (Å²) in [5.74, 6) is -1.10. The molecule has 0 aliphatic carbocycles. The average molecular weight is 581 g/mol. The van der Waals surface area contributed by atoms with Crippen LogP contribution in [-0.4, -0.2) is 37.1 Å². The van der Waals surface area contributed by atoms with E-state index in [2.05, 4.69) is 37.1 Å². The van der Waals surface area contributed by atoms with Gasteiger partial charge in [-0.3, -0.25) is 14.4 Å². The lowest BCUT2D eigenvalue weighted by Gasteiger charge is -2.12. The van der Waals surface area contributed by atoms with Crippen LogP contribution in [0.3, 0.4) is 0 Å². The number of carbonyl (C=O) groups is 3. The van der Waals surface area contributed by atoms with E-state index in [1.165, 1.54) is 6.21 Å². The first-order valence-electron chi connectivity index (χ1n) is 11.9. The van der Waals surface area contributed by atoms with E-state index in [1.807, 2.05) is 39.0 Å². The number of nitrogens with one attached hydrogen (secondary N) is 3. The Morgan fingerprint density at radius 1 is 0.921 bits per heavy atom. The number of benzene rings is 3. The molecule has 3 N–H and O–H groups in total. The van der Waals surface area contributed by atoms with Crippen molar-refractivity contribution in [3.8, 4) is 11.5 Å². The van der Waals surface area contributed by atoms with Crippen molar-refractivity contribution >= 4 is 51.2 Å². The van der Waals surface area contributed by atoms with Crippen LogP contribution >= 0.6 is 15.9 Å². The highest BCUT2D eigenvalue weighted by molar-refractivity contribution is 9.10. The molecule has 0 heterocycles. The van der Waals surface area contributed by atoms with Crippen molar-refractivity contribution < 1.29 is 23.9 Å². The Hall–Kier alpha value is -4.18. The summed E-state index contributed by atoms with van der Waals surface area (Å²) in [5, 5.41) is 9.20. The van der Waals surface area contributed by atoms with Crippen molar-refractivity contribution in [1.29, 1.82) is 0 Å². The molecular formula is C28H29BrN4O5. The summed E-state index contributed by atoms with van der Waals surface area (Å²) in [6, 6.07) is 17.6. The second-order valence-corrected chi connectivity index (χ2v) is 9.28. The smallest absolute Gasteiger partial charge is 0.329 e. The van der Waals surface area contributed by atoms with Gasteiger partial charge in [0.2, 0.25) is 0 Å². The fourth-order valence-corrected chi connectivity index (χ4v) is 3.58. The quantitative estimate of drug-likeness (QED) is 0.178. The third-order valence-electron chi connectivity index (χ3n) is 5.16. The Kier molecular flexibility index (Phi) is 10.4. The lowest BCUT2D eigenvalue weighted by Crippen LogP contribution is -2.32. The lowest BCUT2D eigenvalue weighted by atomic mass is 10.1. The van der Waals surface area contributed by atoms with Gasteiger partial charge in [0.1, 0.15) is 11.5 Å². The molecule has 0 fully saturated rings. The normalized spacial score (nSPS) is 10.6. The van der Waals surface area contributed by atoms with Crippen LogP contribution < -0.4 is 25.5 Å². The summed E-state index contributed by atoms with van der Waals surface area (Å²) in [6.07, 6.45) is 2.21. The van der Waals surface area contributed by atoms with Crippen LogP contribution in [0, 0.1) is 13.8 Å². The number of amides is 3. The molecular weight excluding hydrogens is 552 g/mol. The van der Waals surface area contributed by atoms with Crippen molar-refractivity contribution in [1.82, 2.24) is 5.43 Å². The highest BCUT2D eigenvalue weighted by Gasteiger charge is 2.13. The molecule has 3 amide bonds. The number of hydrazone groups is 1. The monoisotopic (exact) mass is 580 g/mol. The van der Waals surface area contributed by atoms with Crippen molar-refractivity contribution in [2.45, 2.75) is 27.2 Å². The number of hydrogen-bond acceptors (Lipinski definition) is 6. The number of hydrogen-bond donors (Lipinski definition) is 3. The third-order valence-corrected chi connectivity index (χ3v) is 5.65. The van der Waals surface area contributed by atoms with E-state index < -0.39 is 11.8 Å². The molecule has 10 heteroatoms. The van der Waals surface area contributed by atoms with E-state index in [1.54, 1.807) is 42.5 Å². The van der Waals surface area contributed by atoms with Gasteiger partial charge in [0, 0.05) is 21.4 Å². The number of ether oxygens (including phenoxy) is 2. The summed E-state index contributed by atoms with van der Waals surface area (Å²) in [7, 11) is 0. The molecule has 3 aromatic rings. The Morgan fingerprint density at radius 3 is 2.42 bits per heavy atom. The van der Waals surface area contributed by atoms with E-state index in [0.29, 0.717) is 29.4 Å². The minimum atomic E-state index is -0.946. The average Bonchev–Trinajstić information content (AvgIpc) is 2.89. The molecule has 198 valence electrons. The number of anilines is 2. The standard InChI is InChI=1S/C28H29BrN4O5/c1-4-13-37-23-10-8-22(9-11-23)31-27(35)28(36)33-30-16-20-15-21(29)7-12-25(20)38-17-26(34)32-24-14-18(2)5-6-19(24)3/h5-12,14-16H,4,13,17H2,1-3H3,(H,31,35)(H,32,34)(H,33,36)/b30-16-. The molecule has 0 aliphatic heterocycles. The minimum Gasteiger partial charge on any atom is -0.494 e. The van der Waals surface area contributed by atoms with Crippen LogP contribution in [0.2, 0.25) is 0 Å². The van der Waals surface area contributed by atoms with Crippen LogP contribution in [-0.2, 0) is 14.4 Å². The molecule has 0 unspecified atom stereocenters. The molecule has 9 nitrogen and oxygen atoms in total. The Bertz CT molecular complexity index is 1330. The minimum absolute atomic E-state index is 0.229. The second-order valence-electron chi connectivity index (χ2n) is 8.36. The van der Waals surface area contributed by atoms with Crippen molar-refractivity contribution in [2.75, 3.05) is 23.8 Å². The maximum Gasteiger partial charge on any atom is 0.329 e. The van der Waals surface area contributed by atoms with Gasteiger partial charge in [-0.15, -0.1) is 0 Å². The number of nitrogens with zero attached hydrogens (tertiary/aromatic N) is 1. The van der Waals surface area contributed by atoms with E-state index >= 15 is 0 Å². The van der Waals surface area contributed by atoms with E-state index in [4.69, 9.17) is 9.47 Å². The largest absolute Gasteiger partial charge is 0.494 e. The molecule has 0 spiro atoms. The van der Waals surface area contributed by atoms with Crippen molar-refractivity contribution in [2.24, 2.45) is 5.10 Å². The van der Waals surface area contributed by atoms with Crippen LogP contribution in [0.15, 0.2) is 70.2 Å². The fourth-order valence-electron chi connectivity index (χ4n) is 3.21. The zero-order valence-electron chi connectivity index (χ0n) is 21.3. The lowest BCUT2D eigenvalue weighted by molar-refractivity contribution is -0.136. The fraction of sp³-hybridized carbons (Fsp3) is 0.214. The van der Waals surface area contributed by atoms with Crippen LogP contribution in [0.4, 0.5) is 11.4 Å². The molecule has 0 radical (unpaired) electrons. The number of aryl methyl sites for hydroxylation is 2. The number of carbonyl (C=O) groups excluding carboxylic acids is 3. The second kappa shape index (κ2) is 13.9. The summed E-state index contributed by atoms with van der Waals surface area (Å²) in [6.45, 7) is 6.23. The first kappa shape index (κ1) is 28.4. The summed E-state index contributed by atoms with van der Waals surface area (Å²) in [4.78, 5) is 36.8. The van der Waals surface area contributed by atoms with Gasteiger partial charge in [0.05, 0.1) is 12.8 Å². The molecule has 0 aromatic heterocycles. The van der Waals surface area contributed by atoms with Gasteiger partial charge in [-0.05, 0) is 79.9 Å². The zero-order valence-corrected chi connectivity index (χ0v) is 22.9. The molecule has 0 aliphatic rings. The van der Waals surface area contributed by atoms with Gasteiger partial charge >= 0.3 is 11.8 Å². The van der Waals surface area contributed by atoms with Crippen molar-refractivity contribution in [3.05, 3.63) is 81.8 Å². The number of rotatable bonds is 10. The molecule has 3 rings (SSSR count). The Morgan fingerprint density at radius 2 is 1.68 bits per heavy atom. The topological polar surface area (TPSA) is 118 Å². The van der Waals surface area contributed by atoms with Crippen LogP contribution in [0.1, 0.15) is 30.0 Å². The highest BCUT2D eigenvalue weighted by Crippen LogP contribution is 2.22. The van der Waals surface area contributed by atoms with Gasteiger partial charge < -0.3 is 20.1 Å². The van der Waals surface area contributed by atoms with Gasteiger partial charge in [-0.25, -0.2) is 5.43 Å². The van der Waals surface area contributed by atoms with Crippen LogP contribution in [0.25, 0.3) is 0 Å². The van der Waals surface area contributed by atoms with Gasteiger partial charge in [-0.2, -0.15) is 5.10 Å². The summed E-state index contributed by atoms with van der Waals surface area (Å²) < 4.78 is 11.9. The van der Waals surface area contributed by atoms with E-state index in [-0.39, 0.29) is 12.5 Å². The Labute approximate surface area is 229 Å². The highest BCUT2D eigenvalue weighted by atomic mass is 79.9. The predicted molar refractivity (Wildman–Crippen MR) is 151 cm³/mol. The third kappa shape index (κ3) is 8.74. The van der Waals surface area contributed by atoms with Gasteiger partial charge in [-0.1, -0.05) is 35.0 Å². The number of halogens is 1. The summed E-state index contributed by atoms with van der Waals surface area (Å²) in [5.41, 5.74) is 5.82. The summed E-state index contributed by atoms with van der Waals surface area (Å²) >= 11 is 3.38. The predicted octanol–water partition coefficient (Wildman–Crippen LogP) is 4.96. The maximum atomic E-state index is 12.4. The van der Waals surface area contributed by atoms with Crippen LogP contribution in [0.5, 0.6) is 11.5 Å². The zero-order chi connectivity index (χ0) is 27.5. The molecule has 0 saturated carbocycles. The Balaban J connectivity index is 1.55. The first-order valence-corrected chi connectivity index (χ1v) is 12.7. The molecule has 0 bridgehead atoms. The molecule has 38 heavy (non-hydrogen) atoms. The maximum absolute atomic E-state index is 12.4. The van der Waals surface area contributed by atoms with Gasteiger partial charge in [0.25, 0.3) is 5.91 Å². The van der Waals surface area contributed by atoms with Crippen molar-refractivity contribution in [3.63, 3.8) is 0 Å². The molecule has 0 atom stereocenters. The van der Waals surface area contributed by atoms with E-state index in [9.17, 15) is 14.4 Å². The molecule has 3 aromatic carbocycles.